The zero-order chi connectivity index (χ0) is 77.8. The third-order valence-corrected chi connectivity index (χ3v) is 22.4. The van der Waals surface area contributed by atoms with Crippen LogP contribution in [0, 0.1) is 11.8 Å². The van der Waals surface area contributed by atoms with Crippen molar-refractivity contribution >= 4 is 39.5 Å². The van der Waals surface area contributed by atoms with E-state index in [0.29, 0.717) is 25.7 Å². The number of carbonyl (C=O) groups excluding carboxylic acids is 4. The number of aliphatic hydroxyl groups excluding tert-OH is 1. The van der Waals surface area contributed by atoms with E-state index in [1.807, 2.05) is 0 Å². The van der Waals surface area contributed by atoms with Crippen LogP contribution in [0.4, 0.5) is 0 Å². The van der Waals surface area contributed by atoms with Crippen molar-refractivity contribution in [1.82, 2.24) is 0 Å². The van der Waals surface area contributed by atoms with Crippen LogP contribution in [-0.4, -0.2) is 96.7 Å². The van der Waals surface area contributed by atoms with Gasteiger partial charge in [0.05, 0.1) is 26.4 Å². The molecule has 106 heavy (non-hydrogen) atoms. The minimum atomic E-state index is -4.97. The van der Waals surface area contributed by atoms with Gasteiger partial charge < -0.3 is 33.8 Å². The summed E-state index contributed by atoms with van der Waals surface area (Å²) in [5.74, 6) is -0.557. The molecule has 0 aromatic rings. The molecule has 17 nitrogen and oxygen atoms in total. The number of carbonyl (C=O) groups is 4. The Kier molecular flexibility index (Phi) is 76.9. The van der Waals surface area contributed by atoms with E-state index in [0.717, 1.165) is 102 Å². The summed E-state index contributed by atoms with van der Waals surface area (Å²) in [6, 6.07) is 0. The lowest BCUT2D eigenvalue weighted by molar-refractivity contribution is -0.161. The van der Waals surface area contributed by atoms with Crippen LogP contribution < -0.4 is 0 Å². The van der Waals surface area contributed by atoms with Crippen LogP contribution in [0.1, 0.15) is 465 Å². The van der Waals surface area contributed by atoms with Gasteiger partial charge in [-0.05, 0) is 37.5 Å². The zero-order valence-electron chi connectivity index (χ0n) is 69.7. The summed E-state index contributed by atoms with van der Waals surface area (Å²) in [5, 5.41) is 10.7. The monoisotopic (exact) mass is 1550 g/mol. The topological polar surface area (TPSA) is 237 Å². The van der Waals surface area contributed by atoms with E-state index in [1.165, 1.54) is 283 Å². The Balaban J connectivity index is 5.25. The Hall–Kier alpha value is -1.94. The van der Waals surface area contributed by atoms with Crippen molar-refractivity contribution in [3.05, 3.63) is 0 Å². The van der Waals surface area contributed by atoms with Crippen molar-refractivity contribution < 1.29 is 80.2 Å². The number of phosphoric ester groups is 2. The highest BCUT2D eigenvalue weighted by atomic mass is 31.2. The van der Waals surface area contributed by atoms with Gasteiger partial charge in [0, 0.05) is 25.7 Å². The van der Waals surface area contributed by atoms with Crippen LogP contribution in [-0.2, 0) is 65.4 Å². The first-order valence-corrected chi connectivity index (χ1v) is 48.0. The van der Waals surface area contributed by atoms with E-state index < -0.39 is 97.5 Å². The zero-order valence-corrected chi connectivity index (χ0v) is 71.5. The molecule has 0 spiro atoms. The number of phosphoric acid groups is 2. The van der Waals surface area contributed by atoms with Crippen molar-refractivity contribution in [2.45, 2.75) is 484 Å². The molecule has 0 amide bonds. The van der Waals surface area contributed by atoms with E-state index >= 15 is 0 Å². The minimum Gasteiger partial charge on any atom is -0.462 e. The van der Waals surface area contributed by atoms with Crippen molar-refractivity contribution in [2.75, 3.05) is 39.6 Å². The third kappa shape index (κ3) is 80.1. The standard InChI is InChI=1S/C87H170O17P2/c1-7-9-11-13-15-17-19-21-23-25-26-27-29-31-37-41-47-54-60-66-72-86(91)103-82(75-97-84(89)69-63-57-51-45-39-35-33-32-34-38-43-49-55-61-67-79(3)4)77-101-105(93,94)99-73-81(88)74-100-106(95,96)102-78-83(76-98-85(90)70-64-58-52-48-42-44-50-56-62-68-80(5)6)104-87(92)71-65-59-53-46-40-36-30-28-24-22-20-18-16-14-12-10-8-2/h79-83,88H,7-78H2,1-6H3,(H,93,94)(H,95,96)/t81-,82-,83-/m1/s1. The summed E-state index contributed by atoms with van der Waals surface area (Å²) >= 11 is 0. The highest BCUT2D eigenvalue weighted by Crippen LogP contribution is 2.45. The van der Waals surface area contributed by atoms with Gasteiger partial charge in [-0.1, -0.05) is 414 Å². The summed E-state index contributed by atoms with van der Waals surface area (Å²) in [4.78, 5) is 73.3. The summed E-state index contributed by atoms with van der Waals surface area (Å²) < 4.78 is 69.0. The van der Waals surface area contributed by atoms with E-state index in [1.54, 1.807) is 0 Å². The van der Waals surface area contributed by atoms with E-state index in [9.17, 15) is 43.2 Å². The Morgan fingerprint density at radius 3 is 0.642 bits per heavy atom. The molecular weight excluding hydrogens is 1380 g/mol. The van der Waals surface area contributed by atoms with Gasteiger partial charge in [0.15, 0.2) is 12.2 Å². The van der Waals surface area contributed by atoms with Gasteiger partial charge in [0.1, 0.15) is 19.3 Å². The van der Waals surface area contributed by atoms with Crippen LogP contribution in [0.2, 0.25) is 0 Å². The lowest BCUT2D eigenvalue weighted by Gasteiger charge is -2.21. The quantitative estimate of drug-likeness (QED) is 0.0222. The molecule has 0 aliphatic heterocycles. The molecule has 3 N–H and O–H groups in total. The number of esters is 4. The van der Waals surface area contributed by atoms with Crippen LogP contribution in [0.15, 0.2) is 0 Å². The Morgan fingerprint density at radius 2 is 0.434 bits per heavy atom. The maximum Gasteiger partial charge on any atom is 0.472 e. The lowest BCUT2D eigenvalue weighted by atomic mass is 10.0. The molecule has 0 aromatic heterocycles. The average molecular weight is 1550 g/mol. The molecule has 0 aliphatic rings. The van der Waals surface area contributed by atoms with E-state index in [2.05, 4.69) is 41.5 Å². The largest absolute Gasteiger partial charge is 0.472 e. The fraction of sp³-hybridized carbons (Fsp3) is 0.954. The molecule has 0 saturated heterocycles. The first-order chi connectivity index (χ1) is 51.4. The summed E-state index contributed by atoms with van der Waals surface area (Å²) in [6.45, 7) is 9.69. The number of hydrogen-bond donors (Lipinski definition) is 3. The normalized spacial score (nSPS) is 13.8. The van der Waals surface area contributed by atoms with Crippen LogP contribution >= 0.6 is 15.6 Å². The lowest BCUT2D eigenvalue weighted by Crippen LogP contribution is -2.30. The Labute approximate surface area is 651 Å². The van der Waals surface area contributed by atoms with Crippen LogP contribution in [0.5, 0.6) is 0 Å². The predicted molar refractivity (Wildman–Crippen MR) is 437 cm³/mol. The van der Waals surface area contributed by atoms with Crippen LogP contribution in [0.25, 0.3) is 0 Å². The van der Waals surface area contributed by atoms with E-state index in [-0.39, 0.29) is 25.7 Å². The highest BCUT2D eigenvalue weighted by Gasteiger charge is 2.30. The SMILES string of the molecule is CCCCCCCCCCCCCCCCCCCCCCC(=O)O[C@H](COC(=O)CCCCCCCCCCCCCCCCC(C)C)COP(=O)(O)OC[C@@H](O)COP(=O)(O)OC[C@@H](COC(=O)CCCCCCCCCCCC(C)C)OC(=O)CCCCCCCCCCCCCCCCCCC. The molecule has 630 valence electrons. The van der Waals surface area contributed by atoms with Crippen molar-refractivity contribution in [3.63, 3.8) is 0 Å². The second-order valence-electron chi connectivity index (χ2n) is 32.2. The first kappa shape index (κ1) is 104. The molecule has 0 bridgehead atoms. The average Bonchev–Trinajstić information content (AvgIpc) is 0.896. The molecule has 0 rings (SSSR count). The highest BCUT2D eigenvalue weighted by molar-refractivity contribution is 7.47. The number of unbranched alkanes of at least 4 members (excludes halogenated alkanes) is 56. The molecule has 0 aromatic carbocycles. The summed E-state index contributed by atoms with van der Waals surface area (Å²) in [5.41, 5.74) is 0. The second kappa shape index (κ2) is 78.3. The molecule has 5 atom stereocenters. The number of aliphatic hydroxyl groups is 1. The Morgan fingerprint density at radius 1 is 0.255 bits per heavy atom. The molecular formula is C87H170O17P2. The Bertz CT molecular complexity index is 2030. The molecule has 0 radical (unpaired) electrons. The fourth-order valence-corrected chi connectivity index (χ4v) is 15.2. The summed E-state index contributed by atoms with van der Waals surface area (Å²) in [7, 11) is -9.93. The van der Waals surface area contributed by atoms with Crippen molar-refractivity contribution in [1.29, 1.82) is 0 Å². The maximum absolute atomic E-state index is 13.2. The number of rotatable bonds is 86. The van der Waals surface area contributed by atoms with Gasteiger partial charge in [-0.15, -0.1) is 0 Å². The predicted octanol–water partition coefficient (Wildman–Crippen LogP) is 26.6. The van der Waals surface area contributed by atoms with Gasteiger partial charge in [0.2, 0.25) is 0 Å². The minimum absolute atomic E-state index is 0.108. The smallest absolute Gasteiger partial charge is 0.462 e. The van der Waals surface area contributed by atoms with Gasteiger partial charge in [-0.3, -0.25) is 37.3 Å². The van der Waals surface area contributed by atoms with Crippen molar-refractivity contribution in [3.8, 4) is 0 Å². The van der Waals surface area contributed by atoms with Gasteiger partial charge >= 0.3 is 39.5 Å². The molecule has 0 saturated carbocycles. The molecule has 0 heterocycles. The number of ether oxygens (including phenoxy) is 4. The van der Waals surface area contributed by atoms with Gasteiger partial charge in [-0.25, -0.2) is 9.13 Å². The van der Waals surface area contributed by atoms with Gasteiger partial charge in [0.25, 0.3) is 0 Å². The molecule has 0 fully saturated rings. The fourth-order valence-electron chi connectivity index (χ4n) is 13.6. The molecule has 2 unspecified atom stereocenters. The second-order valence-corrected chi connectivity index (χ2v) is 35.1. The van der Waals surface area contributed by atoms with Gasteiger partial charge in [-0.2, -0.15) is 0 Å². The van der Waals surface area contributed by atoms with Crippen molar-refractivity contribution in [2.24, 2.45) is 11.8 Å². The maximum atomic E-state index is 13.2. The third-order valence-electron chi connectivity index (χ3n) is 20.5. The molecule has 19 heteroatoms. The molecule has 0 aliphatic carbocycles. The van der Waals surface area contributed by atoms with E-state index in [4.69, 9.17) is 37.0 Å². The van der Waals surface area contributed by atoms with Crippen LogP contribution in [0.3, 0.4) is 0 Å². The number of hydrogen-bond acceptors (Lipinski definition) is 15. The first-order valence-electron chi connectivity index (χ1n) is 45.0. The summed E-state index contributed by atoms with van der Waals surface area (Å²) in [6.07, 6.45) is 70.8.